The third-order valence-electron chi connectivity index (χ3n) is 2.35. The highest BCUT2D eigenvalue weighted by Gasteiger charge is 2.07. The van der Waals surface area contributed by atoms with Crippen LogP contribution >= 0.6 is 0 Å². The van der Waals surface area contributed by atoms with E-state index >= 15 is 0 Å². The van der Waals surface area contributed by atoms with Gasteiger partial charge in [-0.05, 0) is 0 Å². The molecule has 0 saturated carbocycles. The molecular formula is C16H32N2O8S. The molecule has 0 spiro atoms. The highest BCUT2D eigenvalue weighted by atomic mass is 32.3. The highest BCUT2D eigenvalue weighted by molar-refractivity contribution is 7.79. The monoisotopic (exact) mass is 412 g/mol. The molecule has 0 aliphatic carbocycles. The summed E-state index contributed by atoms with van der Waals surface area (Å²) in [7, 11) is 7.09. The van der Waals surface area contributed by atoms with Crippen LogP contribution in [0.1, 0.15) is 0 Å². The molecule has 0 aromatic heterocycles. The smallest absolute Gasteiger partial charge is 0.330 e. The van der Waals surface area contributed by atoms with Gasteiger partial charge in [-0.2, -0.15) is 0 Å². The molecule has 0 radical (unpaired) electrons. The molecule has 0 unspecified atom stereocenters. The fourth-order valence-corrected chi connectivity index (χ4v) is 0.958. The molecule has 0 amide bonds. The summed E-state index contributed by atoms with van der Waals surface area (Å²) in [6.07, 6.45) is 2.35. The Morgan fingerprint density at radius 2 is 1.04 bits per heavy atom. The number of carbonyl (C=O) groups is 2. The van der Waals surface area contributed by atoms with E-state index in [1.165, 1.54) is 12.2 Å². The van der Waals surface area contributed by atoms with Crippen LogP contribution in [0.3, 0.4) is 0 Å². The second-order valence-corrected chi connectivity index (χ2v) is 8.00. The summed E-state index contributed by atoms with van der Waals surface area (Å²) < 4.78 is 45.3. The van der Waals surface area contributed by atoms with Crippen LogP contribution in [0.4, 0.5) is 0 Å². The number of hydrogen-bond acceptors (Lipinski definition) is 8. The van der Waals surface area contributed by atoms with Crippen molar-refractivity contribution in [3.63, 3.8) is 0 Å². The minimum atomic E-state index is -5.17. The van der Waals surface area contributed by atoms with Gasteiger partial charge in [0.15, 0.2) is 0 Å². The maximum Gasteiger partial charge on any atom is 0.330 e. The second-order valence-electron chi connectivity index (χ2n) is 7.18. The minimum absolute atomic E-state index is 0.349. The van der Waals surface area contributed by atoms with E-state index in [1.807, 2.05) is 42.3 Å². The second kappa shape index (κ2) is 14.3. The lowest BCUT2D eigenvalue weighted by atomic mass is 10.5. The van der Waals surface area contributed by atoms with Crippen LogP contribution in [0.2, 0.25) is 0 Å². The molecule has 0 aromatic carbocycles. The molecular weight excluding hydrogens is 380 g/mol. The van der Waals surface area contributed by atoms with E-state index in [-0.39, 0.29) is 11.9 Å². The van der Waals surface area contributed by atoms with Gasteiger partial charge in [0.1, 0.15) is 26.3 Å². The summed E-state index contributed by atoms with van der Waals surface area (Å²) in [4.78, 5) is 21.1. The van der Waals surface area contributed by atoms with E-state index in [4.69, 9.17) is 27.0 Å². The van der Waals surface area contributed by atoms with E-state index in [1.54, 1.807) is 0 Å². The summed E-state index contributed by atoms with van der Waals surface area (Å²) in [6.45, 7) is 9.14. The zero-order chi connectivity index (χ0) is 22.3. The topological polar surface area (TPSA) is 133 Å². The number of hydrogen-bond donors (Lipinski definition) is 0. The van der Waals surface area contributed by atoms with Crippen molar-refractivity contribution >= 4 is 22.3 Å². The van der Waals surface area contributed by atoms with Crippen LogP contribution in [0.15, 0.2) is 25.3 Å². The van der Waals surface area contributed by atoms with Gasteiger partial charge in [0.25, 0.3) is 0 Å². The molecule has 0 saturated heterocycles. The first-order chi connectivity index (χ1) is 11.9. The third kappa shape index (κ3) is 45.4. The number of nitrogens with zero attached hydrogens (tertiary/aromatic N) is 2. The Bertz CT molecular complexity index is 516. The van der Waals surface area contributed by atoms with Crippen LogP contribution in [0.25, 0.3) is 0 Å². The molecule has 10 nitrogen and oxygen atoms in total. The number of ether oxygens (including phenoxy) is 2. The predicted molar refractivity (Wildman–Crippen MR) is 98.6 cm³/mol. The number of rotatable bonds is 8. The zero-order valence-electron chi connectivity index (χ0n) is 17.0. The lowest BCUT2D eigenvalue weighted by molar-refractivity contribution is -0.870. The van der Waals surface area contributed by atoms with Crippen LogP contribution in [-0.2, 0) is 29.5 Å². The van der Waals surface area contributed by atoms with Gasteiger partial charge in [-0.15, -0.1) is 0 Å². The zero-order valence-corrected chi connectivity index (χ0v) is 17.8. The summed E-state index contributed by atoms with van der Waals surface area (Å²) in [5.41, 5.74) is 0. The van der Waals surface area contributed by atoms with Crippen molar-refractivity contribution in [2.75, 3.05) is 68.6 Å². The quantitative estimate of drug-likeness (QED) is 0.171. The highest BCUT2D eigenvalue weighted by Crippen LogP contribution is 1.90. The normalized spacial score (nSPS) is 11.0. The maximum atomic E-state index is 10.6. The molecule has 0 bridgehead atoms. The van der Waals surface area contributed by atoms with Crippen LogP contribution in [0, 0.1) is 0 Å². The Hall–Kier alpha value is -1.79. The van der Waals surface area contributed by atoms with E-state index in [2.05, 4.69) is 13.2 Å². The van der Waals surface area contributed by atoms with Crippen molar-refractivity contribution in [2.24, 2.45) is 0 Å². The van der Waals surface area contributed by atoms with Crippen molar-refractivity contribution in [1.29, 1.82) is 0 Å². The molecule has 0 heterocycles. The van der Waals surface area contributed by atoms with Gasteiger partial charge in [-0.25, -0.2) is 9.59 Å². The van der Waals surface area contributed by atoms with Crippen molar-refractivity contribution in [2.45, 2.75) is 0 Å². The molecule has 0 N–H and O–H groups in total. The Morgan fingerprint density at radius 3 is 1.19 bits per heavy atom. The number of likely N-dealkylation sites (N-methyl/N-ethyl adjacent to an activating group) is 2. The lowest BCUT2D eigenvalue weighted by Crippen LogP contribution is -2.37. The minimum Gasteiger partial charge on any atom is -0.759 e. The molecule has 11 heteroatoms. The number of carbonyl (C=O) groups excluding carboxylic acids is 2. The molecule has 0 aromatic rings. The fourth-order valence-electron chi connectivity index (χ4n) is 0.958. The average Bonchev–Trinajstić information content (AvgIpc) is 2.43. The van der Waals surface area contributed by atoms with E-state index in [0.717, 1.165) is 22.1 Å². The van der Waals surface area contributed by atoms with E-state index in [9.17, 15) is 9.59 Å². The molecule has 0 rings (SSSR count). The summed E-state index contributed by atoms with van der Waals surface area (Å²) in [5, 5.41) is 0. The molecule has 0 atom stereocenters. The molecule has 0 fully saturated rings. The maximum absolute atomic E-state index is 10.6. The van der Waals surface area contributed by atoms with Crippen molar-refractivity contribution in [1.82, 2.24) is 0 Å². The van der Waals surface area contributed by atoms with Crippen LogP contribution < -0.4 is 0 Å². The number of esters is 2. The van der Waals surface area contributed by atoms with Crippen molar-refractivity contribution < 1.29 is 45.6 Å². The average molecular weight is 413 g/mol. The number of quaternary nitrogens is 2. The largest absolute Gasteiger partial charge is 0.759 e. The Kier molecular flexibility index (Phi) is 15.9. The van der Waals surface area contributed by atoms with Crippen LogP contribution in [-0.4, -0.2) is 107 Å². The summed E-state index contributed by atoms with van der Waals surface area (Å²) >= 11 is 0. The summed E-state index contributed by atoms with van der Waals surface area (Å²) in [6, 6.07) is 0. The third-order valence-corrected chi connectivity index (χ3v) is 2.35. The molecule has 0 aliphatic rings. The Morgan fingerprint density at radius 1 is 0.815 bits per heavy atom. The van der Waals surface area contributed by atoms with Gasteiger partial charge in [-0.3, -0.25) is 8.42 Å². The Labute approximate surface area is 162 Å². The van der Waals surface area contributed by atoms with Gasteiger partial charge in [0.05, 0.1) is 42.3 Å². The SMILES string of the molecule is C=CC(=O)OCC[N+](C)(C)C.C=CC(=O)OCC[N+](C)(C)C.O=S(=O)([O-])[O-]. The van der Waals surface area contributed by atoms with Crippen molar-refractivity contribution in [3.8, 4) is 0 Å². The van der Waals surface area contributed by atoms with Crippen molar-refractivity contribution in [3.05, 3.63) is 25.3 Å². The Balaban J connectivity index is -0.000000344. The first-order valence-corrected chi connectivity index (χ1v) is 9.10. The van der Waals surface area contributed by atoms with Gasteiger partial charge < -0.3 is 27.5 Å². The lowest BCUT2D eigenvalue weighted by Gasteiger charge is -2.23. The van der Waals surface area contributed by atoms with Crippen LogP contribution in [0.5, 0.6) is 0 Å². The van der Waals surface area contributed by atoms with Gasteiger partial charge in [0.2, 0.25) is 0 Å². The molecule has 160 valence electrons. The first-order valence-electron chi connectivity index (χ1n) is 7.77. The molecule has 27 heavy (non-hydrogen) atoms. The predicted octanol–water partition coefficient (Wildman–Crippen LogP) is -0.494. The van der Waals surface area contributed by atoms with E-state index in [0.29, 0.717) is 13.2 Å². The standard InChI is InChI=1S/2C8H16NO2.H2O4S/c2*1-5-8(10)11-7-6-9(2,3)4;1-5(2,3)4/h2*5H,1,6-7H2,2-4H3;(H2,1,2,3,4)/q2*+1;/p-2. The van der Waals surface area contributed by atoms with Gasteiger partial charge in [-0.1, -0.05) is 13.2 Å². The fraction of sp³-hybridized carbons (Fsp3) is 0.625. The van der Waals surface area contributed by atoms with E-state index < -0.39 is 10.4 Å². The first kappa shape index (κ1) is 30.0. The van der Waals surface area contributed by atoms with Gasteiger partial charge in [0, 0.05) is 22.6 Å². The summed E-state index contributed by atoms with van der Waals surface area (Å²) in [5.74, 6) is -0.697. The molecule has 0 aliphatic heterocycles. The van der Waals surface area contributed by atoms with Gasteiger partial charge >= 0.3 is 11.9 Å².